The van der Waals surface area contributed by atoms with Crippen molar-refractivity contribution in [3.05, 3.63) is 129 Å². The molecule has 4 aromatic rings. The summed E-state index contributed by atoms with van der Waals surface area (Å²) in [7, 11) is 0. The fraction of sp³-hybridized carbons (Fsp3) is 0.222. The molecule has 0 saturated heterocycles. The van der Waals surface area contributed by atoms with Crippen LogP contribution in [0.5, 0.6) is 0 Å². The van der Waals surface area contributed by atoms with Crippen LogP contribution in [0, 0.1) is 0 Å². The standard InChI is InChI=1S/2C18H15.Zr/c2*1-2-6-13(7-3-1)18-16-10-4-8-14(16)12-15-9-5-11-17(15)18;/h2*1-4,6-8,10,12H,5,9,11H2;. The van der Waals surface area contributed by atoms with Crippen molar-refractivity contribution in [1.29, 1.82) is 0 Å². The number of hydrogen-bond donors (Lipinski definition) is 0. The molecule has 2 unspecified atom stereocenters. The summed E-state index contributed by atoms with van der Waals surface area (Å²) in [6.07, 6.45) is 17.7. The van der Waals surface area contributed by atoms with Gasteiger partial charge in [-0.25, -0.2) is 0 Å². The number of hydrogen-bond acceptors (Lipinski definition) is 0. The molecule has 0 saturated carbocycles. The molecule has 2 atom stereocenters. The van der Waals surface area contributed by atoms with Gasteiger partial charge in [-0.15, -0.1) is 0 Å². The van der Waals surface area contributed by atoms with Crippen LogP contribution >= 0.6 is 0 Å². The number of fused-ring (bicyclic) bond motifs is 4. The number of aryl methyl sites for hydroxylation is 2. The first-order valence-corrected chi connectivity index (χ1v) is 16.8. The molecular weight excluding hydrogens is 524 g/mol. The van der Waals surface area contributed by atoms with Gasteiger partial charge in [0.05, 0.1) is 0 Å². The molecule has 8 rings (SSSR count). The van der Waals surface area contributed by atoms with E-state index in [1.165, 1.54) is 71.9 Å². The molecule has 0 aromatic heterocycles. The molecule has 0 heterocycles. The van der Waals surface area contributed by atoms with Crippen LogP contribution in [-0.4, -0.2) is 0 Å². The van der Waals surface area contributed by atoms with E-state index in [1.807, 2.05) is 0 Å². The Morgan fingerprint density at radius 1 is 0.541 bits per heavy atom. The molecule has 0 aliphatic heterocycles. The van der Waals surface area contributed by atoms with Crippen LogP contribution < -0.4 is 0 Å². The van der Waals surface area contributed by atoms with Crippen molar-refractivity contribution in [2.45, 2.75) is 45.8 Å². The summed E-state index contributed by atoms with van der Waals surface area (Å²) < 4.78 is 1.31. The Kier molecular flexibility index (Phi) is 5.36. The predicted molar refractivity (Wildman–Crippen MR) is 151 cm³/mol. The van der Waals surface area contributed by atoms with Crippen LogP contribution in [0.25, 0.3) is 34.4 Å². The Morgan fingerprint density at radius 3 is 1.46 bits per heavy atom. The molecule has 0 N–H and O–H groups in total. The molecule has 0 fully saturated rings. The molecule has 1 heteroatoms. The third-order valence-corrected chi connectivity index (χ3v) is 13.3. The van der Waals surface area contributed by atoms with E-state index < -0.39 is 23.2 Å². The fourth-order valence-corrected chi connectivity index (χ4v) is 11.4. The van der Waals surface area contributed by atoms with Crippen molar-refractivity contribution in [1.82, 2.24) is 0 Å². The molecule has 37 heavy (non-hydrogen) atoms. The summed E-state index contributed by atoms with van der Waals surface area (Å²) in [4.78, 5) is 0. The van der Waals surface area contributed by atoms with Crippen molar-refractivity contribution < 1.29 is 23.2 Å². The minimum absolute atomic E-state index is 0.654. The van der Waals surface area contributed by atoms with Crippen LogP contribution in [-0.2, 0) is 48.9 Å². The SMILES string of the molecule is C1=C[CH]([Zr][CH]2C=Cc3c2cc2c(c3-c3ccccc3)CCC2)c2cc3c(c(-c4ccccc4)c21)CCC3. The first-order valence-electron chi connectivity index (χ1n) is 14.0. The van der Waals surface area contributed by atoms with Crippen molar-refractivity contribution in [3.63, 3.8) is 0 Å². The molecule has 0 radical (unpaired) electrons. The summed E-state index contributed by atoms with van der Waals surface area (Å²) in [5, 5.41) is 0. The quantitative estimate of drug-likeness (QED) is 0.237. The second kappa shape index (κ2) is 8.92. The average molecular weight is 554 g/mol. The van der Waals surface area contributed by atoms with Gasteiger partial charge in [0.25, 0.3) is 0 Å². The Labute approximate surface area is 231 Å². The topological polar surface area (TPSA) is 0 Å². The molecule has 4 aromatic carbocycles. The van der Waals surface area contributed by atoms with Gasteiger partial charge in [-0.1, -0.05) is 0 Å². The molecule has 0 amide bonds. The Bertz CT molecular complexity index is 1470. The van der Waals surface area contributed by atoms with E-state index in [1.54, 1.807) is 33.4 Å². The molecule has 4 aliphatic carbocycles. The summed E-state index contributed by atoms with van der Waals surface area (Å²) >= 11 is -0.810. The van der Waals surface area contributed by atoms with Crippen molar-refractivity contribution in [2.24, 2.45) is 0 Å². The second-order valence-corrected chi connectivity index (χ2v) is 14.9. The Hall–Kier alpha value is -2.76. The summed E-state index contributed by atoms with van der Waals surface area (Å²) in [6.45, 7) is 0. The zero-order chi connectivity index (χ0) is 24.3. The second-order valence-electron chi connectivity index (χ2n) is 11.1. The summed E-state index contributed by atoms with van der Waals surface area (Å²) in [5.41, 5.74) is 18.7. The van der Waals surface area contributed by atoms with Gasteiger partial charge < -0.3 is 0 Å². The Balaban J connectivity index is 1.20. The normalized spacial score (nSPS) is 20.1. The van der Waals surface area contributed by atoms with E-state index in [4.69, 9.17) is 0 Å². The summed E-state index contributed by atoms with van der Waals surface area (Å²) in [6, 6.07) is 27.6. The van der Waals surface area contributed by atoms with Crippen molar-refractivity contribution in [3.8, 4) is 22.3 Å². The van der Waals surface area contributed by atoms with E-state index in [0.29, 0.717) is 7.25 Å². The summed E-state index contributed by atoms with van der Waals surface area (Å²) in [5.74, 6) is 0. The zero-order valence-corrected chi connectivity index (χ0v) is 23.6. The van der Waals surface area contributed by atoms with E-state index in [2.05, 4.69) is 97.1 Å². The van der Waals surface area contributed by atoms with Crippen LogP contribution in [0.15, 0.2) is 84.9 Å². The number of rotatable bonds is 4. The first-order chi connectivity index (χ1) is 18.3. The maximum absolute atomic E-state index is 2.62. The van der Waals surface area contributed by atoms with Crippen LogP contribution in [0.3, 0.4) is 0 Å². The van der Waals surface area contributed by atoms with Gasteiger partial charge in [0.2, 0.25) is 0 Å². The van der Waals surface area contributed by atoms with E-state index >= 15 is 0 Å². The number of benzene rings is 4. The van der Waals surface area contributed by atoms with Crippen LogP contribution in [0.2, 0.25) is 0 Å². The monoisotopic (exact) mass is 552 g/mol. The zero-order valence-electron chi connectivity index (χ0n) is 21.1. The van der Waals surface area contributed by atoms with Gasteiger partial charge in [0.15, 0.2) is 0 Å². The van der Waals surface area contributed by atoms with Gasteiger partial charge in [0.1, 0.15) is 0 Å². The molecule has 0 bridgehead atoms. The molecule has 0 nitrogen and oxygen atoms in total. The third kappa shape index (κ3) is 3.58. The van der Waals surface area contributed by atoms with E-state index in [-0.39, 0.29) is 0 Å². The maximum atomic E-state index is 2.62. The van der Waals surface area contributed by atoms with Crippen LogP contribution in [0.4, 0.5) is 0 Å². The number of allylic oxidation sites excluding steroid dienone is 2. The third-order valence-electron chi connectivity index (χ3n) is 9.01. The minimum atomic E-state index is -0.810. The van der Waals surface area contributed by atoms with Gasteiger partial charge in [-0.2, -0.15) is 0 Å². The fourth-order valence-electron chi connectivity index (χ4n) is 7.39. The first kappa shape index (κ1) is 22.2. The molecule has 0 spiro atoms. The predicted octanol–water partition coefficient (Wildman–Crippen LogP) is 8.92. The Morgan fingerprint density at radius 2 is 1.00 bits per heavy atom. The molecular formula is C36H30Zr. The van der Waals surface area contributed by atoms with E-state index in [9.17, 15) is 0 Å². The van der Waals surface area contributed by atoms with Gasteiger partial charge >= 0.3 is 233 Å². The average Bonchev–Trinajstić information content (AvgIpc) is 3.75. The van der Waals surface area contributed by atoms with Gasteiger partial charge in [-0.05, 0) is 0 Å². The van der Waals surface area contributed by atoms with Crippen molar-refractivity contribution in [2.75, 3.05) is 0 Å². The van der Waals surface area contributed by atoms with E-state index in [0.717, 1.165) is 0 Å². The van der Waals surface area contributed by atoms with Gasteiger partial charge in [0, 0.05) is 0 Å². The molecule has 178 valence electrons. The molecule has 4 aliphatic rings. The van der Waals surface area contributed by atoms with Gasteiger partial charge in [-0.3, -0.25) is 0 Å². The van der Waals surface area contributed by atoms with Crippen LogP contribution in [0.1, 0.15) is 64.6 Å². The van der Waals surface area contributed by atoms with Crippen molar-refractivity contribution >= 4 is 12.2 Å².